The average Bonchev–Trinajstić information content (AvgIpc) is 2.72. The number of benzene rings is 2. The van der Waals surface area contributed by atoms with E-state index in [1.807, 2.05) is 19.9 Å². The summed E-state index contributed by atoms with van der Waals surface area (Å²) in [7, 11) is 0. The summed E-state index contributed by atoms with van der Waals surface area (Å²) in [5.74, 6) is 0.739. The average molecular weight is 481 g/mol. The number of halogens is 2. The van der Waals surface area contributed by atoms with Crippen LogP contribution in [0.25, 0.3) is 0 Å². The molecule has 0 saturated carbocycles. The van der Waals surface area contributed by atoms with Crippen LogP contribution in [-0.2, 0) is 21.9 Å². The summed E-state index contributed by atoms with van der Waals surface area (Å²) in [6.07, 6.45) is 0.821. The Bertz CT molecular complexity index is 907. The summed E-state index contributed by atoms with van der Waals surface area (Å²) in [5.41, 5.74) is 3.12. The van der Waals surface area contributed by atoms with Gasteiger partial charge in [-0.15, -0.1) is 11.8 Å². The summed E-state index contributed by atoms with van der Waals surface area (Å²) in [6, 6.07) is 12.8. The highest BCUT2D eigenvalue weighted by atomic mass is 35.5. The second-order valence-corrected chi connectivity index (χ2v) is 9.56. The fraction of sp³-hybridized carbons (Fsp3) is 0.417. The summed E-state index contributed by atoms with van der Waals surface area (Å²) in [5, 5.41) is 3.98. The van der Waals surface area contributed by atoms with Gasteiger partial charge in [0.2, 0.25) is 11.8 Å². The minimum Gasteiger partial charge on any atom is -0.352 e. The van der Waals surface area contributed by atoms with E-state index in [0.717, 1.165) is 17.7 Å². The van der Waals surface area contributed by atoms with Gasteiger partial charge in [-0.2, -0.15) is 0 Å². The van der Waals surface area contributed by atoms with Crippen LogP contribution in [0.2, 0.25) is 10.0 Å². The van der Waals surface area contributed by atoms with E-state index < -0.39 is 6.04 Å². The molecule has 0 aliphatic rings. The largest absolute Gasteiger partial charge is 0.352 e. The Morgan fingerprint density at radius 1 is 1.13 bits per heavy atom. The van der Waals surface area contributed by atoms with E-state index >= 15 is 0 Å². The predicted octanol–water partition coefficient (Wildman–Crippen LogP) is 5.87. The normalized spacial score (nSPS) is 12.8. The molecule has 0 spiro atoms. The third-order valence-electron chi connectivity index (χ3n) is 5.10. The molecule has 168 valence electrons. The van der Waals surface area contributed by atoms with Gasteiger partial charge >= 0.3 is 0 Å². The summed E-state index contributed by atoms with van der Waals surface area (Å²) >= 11 is 13.9. The van der Waals surface area contributed by atoms with Gasteiger partial charge in [0.25, 0.3) is 0 Å². The van der Waals surface area contributed by atoms with Crippen molar-refractivity contribution in [2.75, 3.05) is 5.75 Å². The van der Waals surface area contributed by atoms with Crippen LogP contribution in [0.1, 0.15) is 43.9 Å². The Morgan fingerprint density at radius 2 is 1.87 bits per heavy atom. The van der Waals surface area contributed by atoms with Crippen molar-refractivity contribution in [1.29, 1.82) is 0 Å². The molecule has 2 aromatic rings. The van der Waals surface area contributed by atoms with E-state index in [1.54, 1.807) is 30.0 Å². The van der Waals surface area contributed by atoms with Crippen molar-refractivity contribution in [3.63, 3.8) is 0 Å². The van der Waals surface area contributed by atoms with Crippen LogP contribution < -0.4 is 5.32 Å². The molecule has 2 rings (SSSR count). The second kappa shape index (κ2) is 12.4. The minimum atomic E-state index is -0.618. The Morgan fingerprint density at radius 3 is 2.52 bits per heavy atom. The van der Waals surface area contributed by atoms with Crippen molar-refractivity contribution in [3.05, 3.63) is 69.2 Å². The van der Waals surface area contributed by atoms with Crippen molar-refractivity contribution in [1.82, 2.24) is 10.2 Å². The zero-order chi connectivity index (χ0) is 23.0. The maximum atomic E-state index is 13.1. The van der Waals surface area contributed by atoms with Gasteiger partial charge in [0.05, 0.1) is 5.75 Å². The number of hydrogen-bond donors (Lipinski definition) is 1. The Kier molecular flexibility index (Phi) is 10.2. The molecule has 1 N–H and O–H groups in total. The van der Waals surface area contributed by atoms with E-state index in [-0.39, 0.29) is 30.2 Å². The smallest absolute Gasteiger partial charge is 0.242 e. The number of rotatable bonds is 10. The van der Waals surface area contributed by atoms with Gasteiger partial charge in [0, 0.05) is 28.4 Å². The third kappa shape index (κ3) is 8.06. The van der Waals surface area contributed by atoms with E-state index in [2.05, 4.69) is 30.4 Å². The number of hydrogen-bond acceptors (Lipinski definition) is 3. The number of nitrogens with one attached hydrogen (secondary N) is 1. The molecule has 2 amide bonds. The molecule has 0 saturated heterocycles. The molecule has 4 nitrogen and oxygen atoms in total. The standard InChI is InChI=1S/C24H30Cl2N2O2S/c1-5-17(3)27-24(30)18(4)28(13-20-9-10-21(25)12-22(20)26)23(29)15-31-14-19-8-6-7-16(2)11-19/h6-12,17-18H,5,13-15H2,1-4H3,(H,27,30)/t17-,18-/m0/s1. The number of nitrogens with zero attached hydrogens (tertiary/aromatic N) is 1. The van der Waals surface area contributed by atoms with E-state index in [9.17, 15) is 9.59 Å². The molecule has 0 fully saturated rings. The van der Waals surface area contributed by atoms with Gasteiger partial charge in [-0.3, -0.25) is 9.59 Å². The maximum absolute atomic E-state index is 13.1. The van der Waals surface area contributed by atoms with Crippen LogP contribution >= 0.6 is 35.0 Å². The Balaban J connectivity index is 2.12. The van der Waals surface area contributed by atoms with Gasteiger partial charge in [-0.05, 0) is 50.5 Å². The van der Waals surface area contributed by atoms with E-state index in [1.165, 1.54) is 22.9 Å². The SMILES string of the molecule is CC[C@H](C)NC(=O)[C@H](C)N(Cc1ccc(Cl)cc1Cl)C(=O)CSCc1cccc(C)c1. The molecule has 0 aliphatic carbocycles. The topological polar surface area (TPSA) is 49.4 Å². The van der Waals surface area contributed by atoms with Crippen molar-refractivity contribution in [2.45, 2.75) is 58.5 Å². The highest BCUT2D eigenvalue weighted by Crippen LogP contribution is 2.24. The minimum absolute atomic E-state index is 0.0433. The number of aryl methyl sites for hydroxylation is 1. The first-order valence-corrected chi connectivity index (χ1v) is 12.3. The quantitative estimate of drug-likeness (QED) is 0.462. The van der Waals surface area contributed by atoms with Gasteiger partial charge in [0.15, 0.2) is 0 Å². The number of carbonyl (C=O) groups excluding carboxylic acids is 2. The van der Waals surface area contributed by atoms with E-state index in [4.69, 9.17) is 23.2 Å². The lowest BCUT2D eigenvalue weighted by atomic mass is 10.1. The monoisotopic (exact) mass is 480 g/mol. The molecule has 0 aliphatic heterocycles. The first-order chi connectivity index (χ1) is 14.7. The third-order valence-corrected chi connectivity index (χ3v) is 6.68. The lowest BCUT2D eigenvalue weighted by Crippen LogP contribution is -2.50. The zero-order valence-electron chi connectivity index (χ0n) is 18.5. The van der Waals surface area contributed by atoms with Crippen molar-refractivity contribution in [3.8, 4) is 0 Å². The molecule has 2 aromatic carbocycles. The Labute approximate surface area is 199 Å². The Hall–Kier alpha value is -1.69. The first-order valence-electron chi connectivity index (χ1n) is 10.4. The highest BCUT2D eigenvalue weighted by Gasteiger charge is 2.27. The van der Waals surface area contributed by atoms with Crippen molar-refractivity contribution in [2.24, 2.45) is 0 Å². The molecule has 0 unspecified atom stereocenters. The highest BCUT2D eigenvalue weighted by molar-refractivity contribution is 7.99. The molecule has 0 aromatic heterocycles. The number of thioether (sulfide) groups is 1. The van der Waals surface area contributed by atoms with Crippen LogP contribution in [0.4, 0.5) is 0 Å². The summed E-state index contributed by atoms with van der Waals surface area (Å²) < 4.78 is 0. The molecule has 0 radical (unpaired) electrons. The first kappa shape index (κ1) is 25.6. The van der Waals surface area contributed by atoms with Gasteiger partial charge < -0.3 is 10.2 Å². The molecular weight excluding hydrogens is 451 g/mol. The van der Waals surface area contributed by atoms with Crippen LogP contribution in [0, 0.1) is 6.92 Å². The van der Waals surface area contributed by atoms with Gasteiger partial charge in [-0.1, -0.05) is 66.0 Å². The summed E-state index contributed by atoms with van der Waals surface area (Å²) in [4.78, 5) is 27.5. The van der Waals surface area contributed by atoms with Crippen LogP contribution in [0.3, 0.4) is 0 Å². The molecule has 0 bridgehead atoms. The molecular formula is C24H30Cl2N2O2S. The lowest BCUT2D eigenvalue weighted by molar-refractivity contribution is -0.138. The van der Waals surface area contributed by atoms with E-state index in [0.29, 0.717) is 10.0 Å². The second-order valence-electron chi connectivity index (χ2n) is 7.73. The lowest BCUT2D eigenvalue weighted by Gasteiger charge is -2.30. The van der Waals surface area contributed by atoms with Gasteiger partial charge in [0.1, 0.15) is 6.04 Å². The van der Waals surface area contributed by atoms with Crippen molar-refractivity contribution < 1.29 is 9.59 Å². The van der Waals surface area contributed by atoms with Crippen molar-refractivity contribution >= 4 is 46.8 Å². The fourth-order valence-electron chi connectivity index (χ4n) is 3.02. The van der Waals surface area contributed by atoms with Gasteiger partial charge in [-0.25, -0.2) is 0 Å². The maximum Gasteiger partial charge on any atom is 0.242 e. The van der Waals surface area contributed by atoms with Crippen LogP contribution in [0.5, 0.6) is 0 Å². The van der Waals surface area contributed by atoms with Crippen LogP contribution in [0.15, 0.2) is 42.5 Å². The molecule has 0 heterocycles. The summed E-state index contributed by atoms with van der Waals surface area (Å²) in [6.45, 7) is 8.01. The molecule has 2 atom stereocenters. The number of amides is 2. The predicted molar refractivity (Wildman–Crippen MR) is 132 cm³/mol. The van der Waals surface area contributed by atoms with Crippen LogP contribution in [-0.4, -0.2) is 34.6 Å². The fourth-order valence-corrected chi connectivity index (χ4v) is 4.35. The number of carbonyl (C=O) groups is 2. The molecule has 31 heavy (non-hydrogen) atoms. The zero-order valence-corrected chi connectivity index (χ0v) is 20.8. The molecule has 7 heteroatoms.